The number of thiazole rings is 1. The summed E-state index contributed by atoms with van der Waals surface area (Å²) in [5, 5.41) is 7.00. The Labute approximate surface area is 212 Å². The Bertz CT molecular complexity index is 1430. The summed E-state index contributed by atoms with van der Waals surface area (Å²) in [6.07, 6.45) is 4.58. The highest BCUT2D eigenvalue weighted by molar-refractivity contribution is 7.11. The highest BCUT2D eigenvalue weighted by Crippen LogP contribution is 2.31. The van der Waals surface area contributed by atoms with Gasteiger partial charge in [-0.15, -0.1) is 11.3 Å². The average Bonchev–Trinajstić information content (AvgIpc) is 3.62. The maximum atomic E-state index is 13.4. The standard InChI is InChI=1S/C27H26FN5O2S/c1-31-16-23(17-2-5-19(28)6-3-17)22-7-4-18(12-24(22)31)26(34)33-14-21(15-33)30-20-8-10-32(13-20)27(35)25-29-9-11-36-25/h2-7,9,11-12,16,20-21,30H,8,10,13-15H2,1H3/t20-/m0/s1. The number of benzene rings is 2. The van der Waals surface area contributed by atoms with Crippen molar-refractivity contribution >= 4 is 34.1 Å². The molecule has 1 atom stereocenters. The molecule has 9 heteroatoms. The average molecular weight is 504 g/mol. The number of aromatic nitrogens is 2. The Morgan fingerprint density at radius 2 is 1.81 bits per heavy atom. The molecule has 2 aliphatic rings. The van der Waals surface area contributed by atoms with E-state index in [4.69, 9.17) is 0 Å². The molecule has 4 aromatic rings. The fraction of sp³-hybridized carbons (Fsp3) is 0.296. The normalized spacial score (nSPS) is 18.1. The molecule has 2 aromatic carbocycles. The Morgan fingerprint density at radius 3 is 2.56 bits per heavy atom. The summed E-state index contributed by atoms with van der Waals surface area (Å²) >= 11 is 1.37. The zero-order valence-corrected chi connectivity index (χ0v) is 20.7. The first kappa shape index (κ1) is 22.9. The molecule has 0 aliphatic carbocycles. The zero-order chi connectivity index (χ0) is 24.8. The lowest BCUT2D eigenvalue weighted by Gasteiger charge is -2.41. The number of amides is 2. The van der Waals surface area contributed by atoms with Crippen molar-refractivity contribution < 1.29 is 14.0 Å². The van der Waals surface area contributed by atoms with Crippen LogP contribution in [0.3, 0.4) is 0 Å². The first-order valence-corrected chi connectivity index (χ1v) is 12.9. The number of carbonyl (C=O) groups excluding carboxylic acids is 2. The van der Waals surface area contributed by atoms with Crippen molar-refractivity contribution in [2.45, 2.75) is 18.5 Å². The molecule has 2 saturated heterocycles. The lowest BCUT2D eigenvalue weighted by molar-refractivity contribution is 0.0553. The number of carbonyl (C=O) groups is 2. The van der Waals surface area contributed by atoms with Crippen LogP contribution in [0.4, 0.5) is 4.39 Å². The Kier molecular flexibility index (Phi) is 5.81. The summed E-state index contributed by atoms with van der Waals surface area (Å²) in [6, 6.07) is 12.7. The van der Waals surface area contributed by atoms with Crippen molar-refractivity contribution in [1.29, 1.82) is 0 Å². The third-order valence-corrected chi connectivity index (χ3v) is 7.88. The molecule has 0 saturated carbocycles. The molecule has 184 valence electrons. The van der Waals surface area contributed by atoms with Gasteiger partial charge in [0.05, 0.1) is 0 Å². The number of hydrogen-bond donors (Lipinski definition) is 1. The van der Waals surface area contributed by atoms with Gasteiger partial charge in [-0.25, -0.2) is 9.37 Å². The highest BCUT2D eigenvalue weighted by atomic mass is 32.1. The molecular weight excluding hydrogens is 477 g/mol. The highest BCUT2D eigenvalue weighted by Gasteiger charge is 2.35. The van der Waals surface area contributed by atoms with E-state index >= 15 is 0 Å². The van der Waals surface area contributed by atoms with Crippen LogP contribution < -0.4 is 5.32 Å². The van der Waals surface area contributed by atoms with E-state index in [1.807, 2.05) is 51.2 Å². The summed E-state index contributed by atoms with van der Waals surface area (Å²) in [7, 11) is 1.96. The van der Waals surface area contributed by atoms with E-state index in [9.17, 15) is 14.0 Å². The van der Waals surface area contributed by atoms with E-state index in [2.05, 4.69) is 10.3 Å². The van der Waals surface area contributed by atoms with Crippen molar-refractivity contribution in [3.63, 3.8) is 0 Å². The molecule has 1 N–H and O–H groups in total. The number of nitrogens with one attached hydrogen (secondary N) is 1. The second-order valence-electron chi connectivity index (χ2n) is 9.54. The molecule has 36 heavy (non-hydrogen) atoms. The van der Waals surface area contributed by atoms with Gasteiger partial charge in [-0.2, -0.15) is 0 Å². The molecule has 0 spiro atoms. The molecule has 2 aliphatic heterocycles. The monoisotopic (exact) mass is 503 g/mol. The number of fused-ring (bicyclic) bond motifs is 1. The third kappa shape index (κ3) is 4.18. The van der Waals surface area contributed by atoms with Crippen LogP contribution in [0.1, 0.15) is 26.6 Å². The first-order valence-electron chi connectivity index (χ1n) is 12.1. The predicted octanol–water partition coefficient (Wildman–Crippen LogP) is 3.77. The van der Waals surface area contributed by atoms with Crippen molar-refractivity contribution in [3.05, 3.63) is 76.6 Å². The van der Waals surface area contributed by atoms with Gasteiger partial charge in [0.15, 0.2) is 5.01 Å². The molecule has 6 rings (SSSR count). The lowest BCUT2D eigenvalue weighted by Crippen LogP contribution is -2.62. The summed E-state index contributed by atoms with van der Waals surface area (Å²) in [4.78, 5) is 33.5. The number of hydrogen-bond acceptors (Lipinski definition) is 5. The molecule has 2 aromatic heterocycles. The Hall–Kier alpha value is -3.56. The van der Waals surface area contributed by atoms with Gasteiger partial charge in [-0.3, -0.25) is 9.59 Å². The van der Waals surface area contributed by atoms with Crippen molar-refractivity contribution in [2.75, 3.05) is 26.2 Å². The van der Waals surface area contributed by atoms with Crippen molar-refractivity contribution in [3.8, 4) is 11.1 Å². The van der Waals surface area contributed by atoms with Gasteiger partial charge in [0.1, 0.15) is 5.82 Å². The van der Waals surface area contributed by atoms with Gasteiger partial charge >= 0.3 is 0 Å². The van der Waals surface area contributed by atoms with Crippen LogP contribution in [0, 0.1) is 5.82 Å². The maximum absolute atomic E-state index is 13.4. The second kappa shape index (κ2) is 9.15. The summed E-state index contributed by atoms with van der Waals surface area (Å²) in [5.74, 6) is -0.242. The van der Waals surface area contributed by atoms with E-state index in [0.29, 0.717) is 30.2 Å². The molecular formula is C27H26FN5O2S. The third-order valence-electron chi connectivity index (χ3n) is 7.12. The van der Waals surface area contributed by atoms with Crippen LogP contribution in [-0.2, 0) is 7.05 Å². The van der Waals surface area contributed by atoms with Crippen LogP contribution in [0.15, 0.2) is 60.2 Å². The molecule has 0 unspecified atom stereocenters. The fourth-order valence-corrected chi connectivity index (χ4v) is 5.79. The van der Waals surface area contributed by atoms with Gasteiger partial charge in [0.2, 0.25) is 0 Å². The summed E-state index contributed by atoms with van der Waals surface area (Å²) in [5.41, 5.74) is 3.58. The minimum absolute atomic E-state index is 0.00151. The van der Waals surface area contributed by atoms with Crippen LogP contribution in [0.5, 0.6) is 0 Å². The van der Waals surface area contributed by atoms with E-state index in [1.165, 1.54) is 23.5 Å². The predicted molar refractivity (Wildman–Crippen MR) is 138 cm³/mol. The topological polar surface area (TPSA) is 70.5 Å². The van der Waals surface area contributed by atoms with Crippen molar-refractivity contribution in [1.82, 2.24) is 24.7 Å². The van der Waals surface area contributed by atoms with Gasteiger partial charge in [-0.05, 0) is 36.2 Å². The van der Waals surface area contributed by atoms with E-state index in [0.717, 1.165) is 35.0 Å². The number of likely N-dealkylation sites (tertiary alicyclic amines) is 2. The lowest BCUT2D eigenvalue weighted by atomic mass is 10.0. The second-order valence-corrected chi connectivity index (χ2v) is 10.4. The molecule has 7 nitrogen and oxygen atoms in total. The summed E-state index contributed by atoms with van der Waals surface area (Å²) < 4.78 is 15.4. The fourth-order valence-electron chi connectivity index (χ4n) is 5.19. The first-order chi connectivity index (χ1) is 17.5. The zero-order valence-electron chi connectivity index (χ0n) is 19.9. The van der Waals surface area contributed by atoms with Gasteiger partial charge in [0, 0.05) is 85.1 Å². The molecule has 2 amide bonds. The molecule has 4 heterocycles. The van der Waals surface area contributed by atoms with Gasteiger partial charge in [-0.1, -0.05) is 18.2 Å². The van der Waals surface area contributed by atoms with Crippen LogP contribution in [0.2, 0.25) is 0 Å². The van der Waals surface area contributed by atoms with Crippen molar-refractivity contribution in [2.24, 2.45) is 7.05 Å². The molecule has 0 radical (unpaired) electrons. The van der Waals surface area contributed by atoms with E-state index in [-0.39, 0.29) is 29.7 Å². The number of aryl methyl sites for hydroxylation is 1. The largest absolute Gasteiger partial charge is 0.350 e. The molecule has 0 bridgehead atoms. The van der Waals surface area contributed by atoms with Gasteiger partial charge < -0.3 is 19.7 Å². The smallest absolute Gasteiger partial charge is 0.282 e. The van der Waals surface area contributed by atoms with E-state index < -0.39 is 0 Å². The van der Waals surface area contributed by atoms with Gasteiger partial charge in [0.25, 0.3) is 11.8 Å². The number of rotatable bonds is 5. The minimum Gasteiger partial charge on any atom is -0.350 e. The molecule has 2 fully saturated rings. The Morgan fingerprint density at radius 1 is 1.03 bits per heavy atom. The van der Waals surface area contributed by atoms with Crippen LogP contribution in [-0.4, -0.2) is 69.4 Å². The SMILES string of the molecule is Cn1cc(-c2ccc(F)cc2)c2ccc(C(=O)N3CC(N[C@H]4CCN(C(=O)c5nccs5)C4)C3)cc21. The van der Waals surface area contributed by atoms with E-state index in [1.54, 1.807) is 18.3 Å². The minimum atomic E-state index is -0.261. The Balaban J connectivity index is 1.07. The maximum Gasteiger partial charge on any atom is 0.282 e. The van der Waals surface area contributed by atoms with Crippen LogP contribution in [0.25, 0.3) is 22.0 Å². The quantitative estimate of drug-likeness (QED) is 0.450. The number of nitrogens with zero attached hydrogens (tertiary/aromatic N) is 4. The number of halogens is 1. The summed E-state index contributed by atoms with van der Waals surface area (Å²) in [6.45, 7) is 2.70. The van der Waals surface area contributed by atoms with Crippen LogP contribution >= 0.6 is 11.3 Å².